The van der Waals surface area contributed by atoms with Crippen LogP contribution in [-0.2, 0) is 4.66 Å². The summed E-state index contributed by atoms with van der Waals surface area (Å²) in [5, 5.41) is 2.59. The van der Waals surface area contributed by atoms with E-state index in [0.29, 0.717) is 0 Å². The Kier molecular flexibility index (Phi) is 9.06. The van der Waals surface area contributed by atoms with Crippen molar-refractivity contribution in [2.75, 3.05) is 9.80 Å². The summed E-state index contributed by atoms with van der Waals surface area (Å²) in [6.07, 6.45) is 0. The van der Waals surface area contributed by atoms with Gasteiger partial charge in [0.25, 0.3) is 0 Å². The summed E-state index contributed by atoms with van der Waals surface area (Å²) in [4.78, 5) is 4.86. The minimum Gasteiger partial charge on any atom is -0.310 e. The Hall–Kier alpha value is -5.17. The van der Waals surface area contributed by atoms with Gasteiger partial charge in [-0.3, -0.25) is 0 Å². The molecule has 1 aliphatic carbocycles. The molecule has 0 amide bonds. The smallest absolute Gasteiger partial charge is 0.0579 e. The van der Waals surface area contributed by atoms with E-state index in [2.05, 4.69) is 222 Å². The Balaban J connectivity index is 1.35. The van der Waals surface area contributed by atoms with E-state index in [1.807, 2.05) is 0 Å². The fraction of sp³-hybridized carbons (Fsp3) is 0.216. The molecule has 55 heavy (non-hydrogen) atoms. The maximum Gasteiger partial charge on any atom is 0.0579 e. The average molecular weight is 751 g/mol. The summed E-state index contributed by atoms with van der Waals surface area (Å²) in [6.45, 7) is 24.3. The average Bonchev–Trinajstić information content (AvgIpc) is 3.44. The minimum atomic E-state index is -1.95. The summed E-state index contributed by atoms with van der Waals surface area (Å²) >= 11 is 0. The second-order valence-corrected chi connectivity index (χ2v) is 28.9. The van der Waals surface area contributed by atoms with E-state index in [0.717, 1.165) is 0 Å². The van der Waals surface area contributed by atoms with Gasteiger partial charge in [0.1, 0.15) is 0 Å². The van der Waals surface area contributed by atoms with Crippen molar-refractivity contribution in [1.29, 1.82) is 0 Å². The molecule has 1 aliphatic rings. The number of fused-ring (bicyclic) bond motifs is 4. The van der Waals surface area contributed by atoms with Crippen LogP contribution in [0.25, 0.3) is 21.9 Å². The third-order valence-electron chi connectivity index (χ3n) is 12.0. The third kappa shape index (κ3) is 6.26. The molecule has 0 atom stereocenters. The fourth-order valence-corrected chi connectivity index (χ4v) is 22.8. The zero-order valence-corrected chi connectivity index (χ0v) is 36.3. The van der Waals surface area contributed by atoms with Crippen molar-refractivity contribution in [2.45, 2.75) is 71.6 Å². The van der Waals surface area contributed by atoms with E-state index in [4.69, 9.17) is 0 Å². The summed E-state index contributed by atoms with van der Waals surface area (Å²) < 4.78 is -0.00923. The van der Waals surface area contributed by atoms with Gasteiger partial charge in [-0.25, -0.2) is 0 Å². The SMILES string of the molecule is Cc1ccc(N(c2ccc(C)cc2)c2ccc3c(c2)C([Si](C)(C)C)([Si](C)(C)C)c2cc4cc(N(c5ccc(C)cc5)c5ccc(C)cc5)ccc4cc2-3)cc1. The lowest BCUT2D eigenvalue weighted by atomic mass is 9.99. The lowest BCUT2D eigenvalue weighted by Gasteiger charge is -2.51. The molecule has 0 heterocycles. The van der Waals surface area contributed by atoms with Crippen molar-refractivity contribution < 1.29 is 0 Å². The molecule has 7 aromatic carbocycles. The molecule has 0 aliphatic heterocycles. The molecular weight excluding hydrogens is 697 g/mol. The molecule has 4 heteroatoms. The Labute approximate surface area is 331 Å². The topological polar surface area (TPSA) is 6.48 Å². The molecule has 0 N–H and O–H groups in total. The highest BCUT2D eigenvalue weighted by molar-refractivity contribution is 6.99. The number of anilines is 6. The molecule has 0 saturated carbocycles. The predicted molar refractivity (Wildman–Crippen MR) is 245 cm³/mol. The molecular formula is C51H54N2Si2. The molecule has 0 spiro atoms. The maximum absolute atomic E-state index is 2.62. The summed E-state index contributed by atoms with van der Waals surface area (Å²) in [5.41, 5.74) is 18.0. The number of aryl methyl sites for hydroxylation is 4. The molecule has 8 rings (SSSR count). The van der Waals surface area contributed by atoms with Crippen LogP contribution in [0.1, 0.15) is 33.4 Å². The van der Waals surface area contributed by atoms with Crippen molar-refractivity contribution in [2.24, 2.45) is 0 Å². The highest BCUT2D eigenvalue weighted by atomic mass is 28.4. The Bertz CT molecular complexity index is 2410. The Morgan fingerprint density at radius 1 is 0.327 bits per heavy atom. The van der Waals surface area contributed by atoms with Gasteiger partial charge in [0.15, 0.2) is 0 Å². The van der Waals surface area contributed by atoms with E-state index in [1.165, 1.54) is 89.4 Å². The quantitative estimate of drug-likeness (QED) is 0.143. The molecule has 0 aromatic heterocycles. The first kappa shape index (κ1) is 36.8. The molecule has 0 radical (unpaired) electrons. The first-order valence-electron chi connectivity index (χ1n) is 19.8. The van der Waals surface area contributed by atoms with Crippen LogP contribution in [0.3, 0.4) is 0 Å². The van der Waals surface area contributed by atoms with Gasteiger partial charge in [0.2, 0.25) is 0 Å². The fourth-order valence-electron chi connectivity index (χ4n) is 9.73. The van der Waals surface area contributed by atoms with E-state index >= 15 is 0 Å². The van der Waals surface area contributed by atoms with Gasteiger partial charge in [0.05, 0.1) is 16.1 Å². The van der Waals surface area contributed by atoms with Crippen LogP contribution >= 0.6 is 0 Å². The third-order valence-corrected chi connectivity index (χ3v) is 22.1. The highest BCUT2D eigenvalue weighted by Crippen LogP contribution is 2.59. The standard InChI is InChI=1S/C51H54N2Si2/c1-35-11-20-41(21-12-35)52(42-22-13-36(2)14-23-42)45-28-19-39-32-48-47-30-29-46(53(43-24-15-37(3)16-25-43)44-26-17-38(4)18-27-44)34-50(47)51(54(5,6)7,55(8,9)10)49(48)33-40(39)31-45/h11-34H,1-10H3. The van der Waals surface area contributed by atoms with Crippen molar-refractivity contribution in [3.05, 3.63) is 179 Å². The monoisotopic (exact) mass is 750 g/mol. The van der Waals surface area contributed by atoms with Gasteiger partial charge in [-0.15, -0.1) is 0 Å². The summed E-state index contributed by atoms with van der Waals surface area (Å²) in [7, 11) is -3.90. The molecule has 0 saturated heterocycles. The zero-order chi connectivity index (χ0) is 38.9. The number of benzene rings is 7. The maximum atomic E-state index is 2.62. The number of hydrogen-bond acceptors (Lipinski definition) is 2. The molecule has 7 aromatic rings. The van der Waals surface area contributed by atoms with Crippen LogP contribution in [0.15, 0.2) is 146 Å². The van der Waals surface area contributed by atoms with Gasteiger partial charge in [-0.1, -0.05) is 128 Å². The van der Waals surface area contributed by atoms with Crippen molar-refractivity contribution in [3.63, 3.8) is 0 Å². The van der Waals surface area contributed by atoms with Crippen molar-refractivity contribution in [3.8, 4) is 11.1 Å². The van der Waals surface area contributed by atoms with E-state index in [-0.39, 0.29) is 4.66 Å². The lowest BCUT2D eigenvalue weighted by molar-refractivity contribution is 0.953. The van der Waals surface area contributed by atoms with Gasteiger partial charge < -0.3 is 9.80 Å². The summed E-state index contributed by atoms with van der Waals surface area (Å²) in [5.74, 6) is 0. The van der Waals surface area contributed by atoms with E-state index in [9.17, 15) is 0 Å². The molecule has 2 nitrogen and oxygen atoms in total. The van der Waals surface area contributed by atoms with E-state index in [1.54, 1.807) is 0 Å². The van der Waals surface area contributed by atoms with Crippen LogP contribution in [0, 0.1) is 27.7 Å². The van der Waals surface area contributed by atoms with E-state index < -0.39 is 16.1 Å². The summed E-state index contributed by atoms with van der Waals surface area (Å²) in [6, 6.07) is 55.4. The number of nitrogens with zero attached hydrogens (tertiary/aromatic N) is 2. The van der Waals surface area contributed by atoms with Gasteiger partial charge in [-0.2, -0.15) is 0 Å². The largest absolute Gasteiger partial charge is 0.310 e. The first-order valence-corrected chi connectivity index (χ1v) is 26.8. The number of hydrogen-bond donors (Lipinski definition) is 0. The Morgan fingerprint density at radius 2 is 0.673 bits per heavy atom. The number of rotatable bonds is 8. The molecule has 0 fully saturated rings. The second kappa shape index (κ2) is 13.5. The van der Waals surface area contributed by atoms with Crippen molar-refractivity contribution >= 4 is 61.0 Å². The zero-order valence-electron chi connectivity index (χ0n) is 34.3. The van der Waals surface area contributed by atoms with Crippen LogP contribution in [0.2, 0.25) is 39.3 Å². The second-order valence-electron chi connectivity index (χ2n) is 17.9. The van der Waals surface area contributed by atoms with Gasteiger partial charge in [0, 0.05) is 38.8 Å². The Morgan fingerprint density at radius 3 is 1.07 bits per heavy atom. The van der Waals surface area contributed by atoms with Crippen LogP contribution in [0.5, 0.6) is 0 Å². The van der Waals surface area contributed by atoms with Gasteiger partial charge >= 0.3 is 0 Å². The van der Waals surface area contributed by atoms with Crippen LogP contribution < -0.4 is 9.80 Å². The highest BCUT2D eigenvalue weighted by Gasteiger charge is 2.59. The lowest BCUT2D eigenvalue weighted by Crippen LogP contribution is -2.63. The molecule has 0 bridgehead atoms. The first-order chi connectivity index (χ1) is 26.2. The molecule has 0 unspecified atom stereocenters. The molecule has 276 valence electrons. The van der Waals surface area contributed by atoms with Crippen LogP contribution in [-0.4, -0.2) is 16.1 Å². The van der Waals surface area contributed by atoms with Gasteiger partial charge in [-0.05, 0) is 140 Å². The van der Waals surface area contributed by atoms with Crippen molar-refractivity contribution in [1.82, 2.24) is 0 Å². The predicted octanol–water partition coefficient (Wildman–Crippen LogP) is 15.0. The van der Waals surface area contributed by atoms with Crippen LogP contribution in [0.4, 0.5) is 34.1 Å². The minimum absolute atomic E-state index is 0.00923. The normalized spacial score (nSPS) is 13.4.